The van der Waals surface area contributed by atoms with Crippen LogP contribution in [-0.2, 0) is 13.5 Å². The van der Waals surface area contributed by atoms with Crippen LogP contribution in [0.1, 0.15) is 5.56 Å². The van der Waals surface area contributed by atoms with Crippen LogP contribution in [-0.4, -0.2) is 29.7 Å². The third-order valence-corrected chi connectivity index (χ3v) is 2.95. The molecule has 0 saturated carbocycles. The number of oxazole rings is 1. The molecule has 5 nitrogen and oxygen atoms in total. The number of nitrogens with two attached hydrogens (primary N) is 1. The summed E-state index contributed by atoms with van der Waals surface area (Å²) in [6, 6.07) is 5.85. The SMILES string of the molecule is CN(CN)CCc1ccc2c(c1)oc(=O)n2C. The van der Waals surface area contributed by atoms with E-state index >= 15 is 0 Å². The molecule has 0 aliphatic carbocycles. The van der Waals surface area contributed by atoms with Crippen molar-refractivity contribution in [2.75, 3.05) is 20.3 Å². The summed E-state index contributed by atoms with van der Waals surface area (Å²) >= 11 is 0. The van der Waals surface area contributed by atoms with Gasteiger partial charge >= 0.3 is 5.76 Å². The molecule has 0 aliphatic heterocycles. The first-order chi connectivity index (χ1) is 8.11. The second-order valence-corrected chi connectivity index (χ2v) is 4.24. The van der Waals surface area contributed by atoms with E-state index < -0.39 is 0 Å². The number of aromatic nitrogens is 1. The molecular formula is C12H17N3O2. The molecule has 2 N–H and O–H groups in total. The molecule has 5 heteroatoms. The Labute approximate surface area is 99.4 Å². The second kappa shape index (κ2) is 4.73. The molecule has 2 aromatic rings. The summed E-state index contributed by atoms with van der Waals surface area (Å²) in [7, 11) is 3.68. The average molecular weight is 235 g/mol. The third kappa shape index (κ3) is 2.40. The lowest BCUT2D eigenvalue weighted by atomic mass is 10.1. The van der Waals surface area contributed by atoms with Crippen molar-refractivity contribution in [2.24, 2.45) is 12.8 Å². The summed E-state index contributed by atoms with van der Waals surface area (Å²) in [5, 5.41) is 0. The maximum Gasteiger partial charge on any atom is 0.419 e. The Bertz CT molecular complexity index is 571. The van der Waals surface area contributed by atoms with E-state index in [-0.39, 0.29) is 5.76 Å². The highest BCUT2D eigenvalue weighted by molar-refractivity contribution is 5.73. The van der Waals surface area contributed by atoms with Crippen LogP contribution in [0.15, 0.2) is 27.4 Å². The van der Waals surface area contributed by atoms with Crippen LogP contribution in [0.4, 0.5) is 0 Å². The minimum atomic E-state index is -0.323. The molecule has 0 atom stereocenters. The van der Waals surface area contributed by atoms with Gasteiger partial charge in [0.25, 0.3) is 0 Å². The molecule has 0 amide bonds. The fourth-order valence-electron chi connectivity index (χ4n) is 1.75. The lowest BCUT2D eigenvalue weighted by Crippen LogP contribution is -2.27. The van der Waals surface area contributed by atoms with Crippen molar-refractivity contribution in [1.29, 1.82) is 0 Å². The van der Waals surface area contributed by atoms with Crippen molar-refractivity contribution >= 4 is 11.1 Å². The van der Waals surface area contributed by atoms with E-state index in [0.29, 0.717) is 12.3 Å². The Balaban J connectivity index is 2.23. The zero-order valence-electron chi connectivity index (χ0n) is 10.1. The fraction of sp³-hybridized carbons (Fsp3) is 0.417. The minimum Gasteiger partial charge on any atom is -0.408 e. The molecule has 2 rings (SSSR count). The standard InChI is InChI=1S/C12H17N3O2/c1-14(8-13)6-5-9-3-4-10-11(7-9)17-12(16)15(10)2/h3-4,7H,5-6,8,13H2,1-2H3. The zero-order chi connectivity index (χ0) is 12.4. The Morgan fingerprint density at radius 1 is 1.47 bits per heavy atom. The number of hydrogen-bond acceptors (Lipinski definition) is 4. The van der Waals surface area contributed by atoms with E-state index in [1.165, 1.54) is 4.57 Å². The van der Waals surface area contributed by atoms with E-state index in [4.69, 9.17) is 10.2 Å². The Morgan fingerprint density at radius 2 is 2.24 bits per heavy atom. The number of nitrogens with zero attached hydrogens (tertiary/aromatic N) is 2. The topological polar surface area (TPSA) is 64.4 Å². The first-order valence-corrected chi connectivity index (χ1v) is 5.59. The lowest BCUT2D eigenvalue weighted by Gasteiger charge is -2.12. The molecule has 0 spiro atoms. The van der Waals surface area contributed by atoms with Gasteiger partial charge in [0.15, 0.2) is 5.58 Å². The van der Waals surface area contributed by atoms with Gasteiger partial charge in [-0.1, -0.05) is 6.07 Å². The van der Waals surface area contributed by atoms with Gasteiger partial charge in [-0.2, -0.15) is 0 Å². The number of rotatable bonds is 4. The van der Waals surface area contributed by atoms with Gasteiger partial charge in [0.05, 0.1) is 5.52 Å². The molecule has 92 valence electrons. The van der Waals surface area contributed by atoms with E-state index in [9.17, 15) is 4.79 Å². The first-order valence-electron chi connectivity index (χ1n) is 5.59. The zero-order valence-corrected chi connectivity index (χ0v) is 10.1. The molecule has 0 bridgehead atoms. The van der Waals surface area contributed by atoms with E-state index in [1.54, 1.807) is 7.05 Å². The van der Waals surface area contributed by atoms with Gasteiger partial charge in [0, 0.05) is 20.3 Å². The lowest BCUT2D eigenvalue weighted by molar-refractivity contribution is 0.349. The molecule has 1 aromatic carbocycles. The normalized spacial score (nSPS) is 11.5. The molecule has 17 heavy (non-hydrogen) atoms. The van der Waals surface area contributed by atoms with Gasteiger partial charge < -0.3 is 10.2 Å². The molecule has 0 aliphatic rings. The van der Waals surface area contributed by atoms with Gasteiger partial charge in [-0.05, 0) is 31.2 Å². The number of aryl methyl sites for hydroxylation is 1. The largest absolute Gasteiger partial charge is 0.419 e. The third-order valence-electron chi connectivity index (χ3n) is 2.95. The van der Waals surface area contributed by atoms with E-state index in [2.05, 4.69) is 0 Å². The monoisotopic (exact) mass is 235 g/mol. The van der Waals surface area contributed by atoms with Gasteiger partial charge in [-0.3, -0.25) is 9.47 Å². The maximum atomic E-state index is 11.3. The minimum absolute atomic E-state index is 0.323. The van der Waals surface area contributed by atoms with Crippen molar-refractivity contribution < 1.29 is 4.42 Å². The molecule has 1 aromatic heterocycles. The van der Waals surface area contributed by atoms with Gasteiger partial charge in [0.2, 0.25) is 0 Å². The van der Waals surface area contributed by atoms with Crippen LogP contribution in [0.5, 0.6) is 0 Å². The highest BCUT2D eigenvalue weighted by Gasteiger charge is 2.06. The van der Waals surface area contributed by atoms with Crippen LogP contribution in [0.25, 0.3) is 11.1 Å². The van der Waals surface area contributed by atoms with Crippen LogP contribution >= 0.6 is 0 Å². The molecule has 0 saturated heterocycles. The summed E-state index contributed by atoms with van der Waals surface area (Å²) in [5.41, 5.74) is 8.13. The predicted octanol–water partition coefficient (Wildman–Crippen LogP) is 0.522. The van der Waals surface area contributed by atoms with Crippen LogP contribution in [0, 0.1) is 0 Å². The average Bonchev–Trinajstić information content (AvgIpc) is 2.62. The second-order valence-electron chi connectivity index (χ2n) is 4.24. The van der Waals surface area contributed by atoms with Gasteiger partial charge in [-0.25, -0.2) is 4.79 Å². The quantitative estimate of drug-likeness (QED) is 0.785. The first kappa shape index (κ1) is 11.9. The van der Waals surface area contributed by atoms with Crippen LogP contribution in [0.3, 0.4) is 0 Å². The summed E-state index contributed by atoms with van der Waals surface area (Å²) < 4.78 is 6.65. The van der Waals surface area contributed by atoms with E-state index in [1.807, 2.05) is 30.1 Å². The highest BCUT2D eigenvalue weighted by Crippen LogP contribution is 2.14. The fourth-order valence-corrected chi connectivity index (χ4v) is 1.75. The van der Waals surface area contributed by atoms with Crippen molar-refractivity contribution in [1.82, 2.24) is 9.47 Å². The van der Waals surface area contributed by atoms with Crippen molar-refractivity contribution in [3.63, 3.8) is 0 Å². The summed E-state index contributed by atoms with van der Waals surface area (Å²) in [6.45, 7) is 1.43. The highest BCUT2D eigenvalue weighted by atomic mass is 16.4. The Morgan fingerprint density at radius 3 is 2.94 bits per heavy atom. The van der Waals surface area contributed by atoms with Crippen LogP contribution < -0.4 is 11.5 Å². The number of hydrogen-bond donors (Lipinski definition) is 1. The van der Waals surface area contributed by atoms with E-state index in [0.717, 1.165) is 24.0 Å². The molecular weight excluding hydrogens is 218 g/mol. The molecule has 0 unspecified atom stereocenters. The summed E-state index contributed by atoms with van der Waals surface area (Å²) in [6.07, 6.45) is 0.891. The van der Waals surface area contributed by atoms with Crippen molar-refractivity contribution in [3.05, 3.63) is 34.3 Å². The molecule has 0 fully saturated rings. The smallest absolute Gasteiger partial charge is 0.408 e. The Hall–Kier alpha value is -1.59. The van der Waals surface area contributed by atoms with Gasteiger partial charge in [0.1, 0.15) is 0 Å². The summed E-state index contributed by atoms with van der Waals surface area (Å²) in [4.78, 5) is 13.4. The molecule has 1 heterocycles. The molecule has 0 radical (unpaired) electrons. The van der Waals surface area contributed by atoms with Crippen LogP contribution in [0.2, 0.25) is 0 Å². The van der Waals surface area contributed by atoms with Crippen molar-refractivity contribution in [2.45, 2.75) is 6.42 Å². The maximum absolute atomic E-state index is 11.3. The predicted molar refractivity (Wildman–Crippen MR) is 66.8 cm³/mol. The van der Waals surface area contributed by atoms with Crippen molar-refractivity contribution in [3.8, 4) is 0 Å². The Kier molecular flexibility index (Phi) is 3.31. The van der Waals surface area contributed by atoms with Gasteiger partial charge in [-0.15, -0.1) is 0 Å². The number of benzene rings is 1. The number of likely N-dealkylation sites (N-methyl/N-ethyl adjacent to an activating group) is 1. The number of fused-ring (bicyclic) bond motifs is 1. The summed E-state index contributed by atoms with van der Waals surface area (Å²) in [5.74, 6) is -0.323.